The average molecular weight is 113 g/mol. The third-order valence-corrected chi connectivity index (χ3v) is 0.979. The van der Waals surface area contributed by atoms with Crippen LogP contribution in [0.2, 0.25) is 0 Å². The zero-order chi connectivity index (χ0) is 6.41. The molecule has 0 saturated carbocycles. The Kier molecular flexibility index (Phi) is 4.67. The molecule has 0 bridgehead atoms. The van der Waals surface area contributed by atoms with Gasteiger partial charge < -0.3 is 5.32 Å². The molecule has 0 atom stereocenters. The average Bonchev–Trinajstić information content (AvgIpc) is 1.66. The molecule has 1 heteroatoms. The predicted octanol–water partition coefficient (Wildman–Crippen LogP) is 1.56. The van der Waals surface area contributed by atoms with Crippen molar-refractivity contribution in [1.29, 1.82) is 0 Å². The molecule has 0 aromatic carbocycles. The van der Waals surface area contributed by atoms with E-state index in [-0.39, 0.29) is 0 Å². The van der Waals surface area contributed by atoms with Gasteiger partial charge >= 0.3 is 0 Å². The first-order valence-electron chi connectivity index (χ1n) is 3.12. The summed E-state index contributed by atoms with van der Waals surface area (Å²) in [5.41, 5.74) is 1.26. The molecule has 0 aliphatic carbocycles. The molecule has 0 aliphatic rings. The van der Waals surface area contributed by atoms with Gasteiger partial charge in [-0.2, -0.15) is 0 Å². The van der Waals surface area contributed by atoms with Crippen molar-refractivity contribution in [3.8, 4) is 0 Å². The van der Waals surface area contributed by atoms with Crippen molar-refractivity contribution in [1.82, 2.24) is 5.32 Å². The van der Waals surface area contributed by atoms with E-state index in [2.05, 4.69) is 25.7 Å². The van der Waals surface area contributed by atoms with Crippen LogP contribution in [0.5, 0.6) is 0 Å². The van der Waals surface area contributed by atoms with E-state index in [1.54, 1.807) is 0 Å². The second-order valence-electron chi connectivity index (χ2n) is 2.06. The van der Waals surface area contributed by atoms with Gasteiger partial charge in [-0.3, -0.25) is 0 Å². The largest absolute Gasteiger partial charge is 0.317 e. The molecular weight excluding hydrogens is 98.1 g/mol. The summed E-state index contributed by atoms with van der Waals surface area (Å²) in [6.45, 7) is 10.1. The Bertz CT molecular complexity index is 66.8. The monoisotopic (exact) mass is 113 g/mol. The lowest BCUT2D eigenvalue weighted by atomic mass is 10.2. The van der Waals surface area contributed by atoms with E-state index in [4.69, 9.17) is 0 Å². The lowest BCUT2D eigenvalue weighted by molar-refractivity contribution is 0.714. The van der Waals surface area contributed by atoms with Gasteiger partial charge in [0.25, 0.3) is 0 Å². The molecule has 0 amide bonds. The zero-order valence-corrected chi connectivity index (χ0v) is 5.83. The molecule has 0 fully saturated rings. The topological polar surface area (TPSA) is 12.0 Å². The number of hydrogen-bond acceptors (Lipinski definition) is 1. The van der Waals surface area contributed by atoms with Crippen LogP contribution >= 0.6 is 0 Å². The van der Waals surface area contributed by atoms with E-state index in [0.717, 1.165) is 19.5 Å². The summed E-state index contributed by atoms with van der Waals surface area (Å²) in [4.78, 5) is 0. The van der Waals surface area contributed by atoms with Crippen molar-refractivity contribution in [3.63, 3.8) is 0 Å². The van der Waals surface area contributed by atoms with Gasteiger partial charge in [-0.15, -0.1) is 6.58 Å². The number of nitrogens with one attached hydrogen (secondary N) is 1. The van der Waals surface area contributed by atoms with E-state index in [1.165, 1.54) is 5.57 Å². The molecule has 0 spiro atoms. The number of hydrogen-bond donors (Lipinski definition) is 1. The van der Waals surface area contributed by atoms with Crippen LogP contribution in [0.25, 0.3) is 0 Å². The van der Waals surface area contributed by atoms with E-state index in [1.807, 2.05) is 0 Å². The summed E-state index contributed by atoms with van der Waals surface area (Å²) in [6.07, 6.45) is 1.10. The van der Waals surface area contributed by atoms with E-state index in [9.17, 15) is 0 Å². The highest BCUT2D eigenvalue weighted by Gasteiger charge is 1.82. The molecule has 0 aliphatic heterocycles. The van der Waals surface area contributed by atoms with Gasteiger partial charge in [0.2, 0.25) is 0 Å². The van der Waals surface area contributed by atoms with Crippen LogP contribution in [-0.4, -0.2) is 13.1 Å². The van der Waals surface area contributed by atoms with Crippen LogP contribution in [-0.2, 0) is 0 Å². The molecule has 0 aromatic heterocycles. The highest BCUT2D eigenvalue weighted by atomic mass is 14.8. The summed E-state index contributed by atoms with van der Waals surface area (Å²) in [5, 5.41) is 3.22. The van der Waals surface area contributed by atoms with Crippen LogP contribution in [0.4, 0.5) is 0 Å². The molecule has 1 nitrogen and oxygen atoms in total. The molecule has 0 radical (unpaired) electrons. The first-order valence-corrected chi connectivity index (χ1v) is 3.12. The summed E-state index contributed by atoms with van der Waals surface area (Å²) in [5.74, 6) is 0. The highest BCUT2D eigenvalue weighted by Crippen LogP contribution is 1.90. The van der Waals surface area contributed by atoms with Gasteiger partial charge in [0.1, 0.15) is 0 Å². The van der Waals surface area contributed by atoms with E-state index < -0.39 is 0 Å². The highest BCUT2D eigenvalue weighted by molar-refractivity contribution is 4.87. The third-order valence-electron chi connectivity index (χ3n) is 0.979. The lowest BCUT2D eigenvalue weighted by Gasteiger charge is -1.98. The number of rotatable bonds is 4. The smallest absolute Gasteiger partial charge is 0.00119 e. The van der Waals surface area contributed by atoms with Gasteiger partial charge in [-0.25, -0.2) is 0 Å². The summed E-state index contributed by atoms with van der Waals surface area (Å²) >= 11 is 0. The van der Waals surface area contributed by atoms with Crippen LogP contribution in [0, 0.1) is 0 Å². The Morgan fingerprint density at radius 3 is 2.62 bits per heavy atom. The molecule has 8 heavy (non-hydrogen) atoms. The van der Waals surface area contributed by atoms with E-state index in [0.29, 0.717) is 0 Å². The molecule has 0 rings (SSSR count). The molecule has 48 valence electrons. The fourth-order valence-electron chi connectivity index (χ4n) is 0.479. The maximum atomic E-state index is 3.79. The second-order valence-corrected chi connectivity index (χ2v) is 2.06. The van der Waals surface area contributed by atoms with E-state index >= 15 is 0 Å². The van der Waals surface area contributed by atoms with Crippen molar-refractivity contribution in [2.75, 3.05) is 13.1 Å². The standard InChI is InChI=1S/C7H15N/c1-4-8-6-5-7(2)3/h8H,2,4-6H2,1,3H3. The van der Waals surface area contributed by atoms with Crippen molar-refractivity contribution in [3.05, 3.63) is 12.2 Å². The maximum Gasteiger partial charge on any atom is -0.00119 e. The first kappa shape index (κ1) is 7.70. The van der Waals surface area contributed by atoms with Gasteiger partial charge in [0.05, 0.1) is 0 Å². The minimum Gasteiger partial charge on any atom is -0.317 e. The predicted molar refractivity (Wildman–Crippen MR) is 38.0 cm³/mol. The summed E-state index contributed by atoms with van der Waals surface area (Å²) < 4.78 is 0. The minimum atomic E-state index is 1.06. The third kappa shape index (κ3) is 5.70. The van der Waals surface area contributed by atoms with Crippen molar-refractivity contribution in [2.45, 2.75) is 20.3 Å². The molecule has 0 saturated heterocycles. The Labute approximate surface area is 51.8 Å². The van der Waals surface area contributed by atoms with Gasteiger partial charge in [-0.05, 0) is 26.4 Å². The SMILES string of the molecule is C=C(C)CCNCC. The summed E-state index contributed by atoms with van der Waals surface area (Å²) in [7, 11) is 0. The maximum absolute atomic E-state index is 3.79. The van der Waals surface area contributed by atoms with Crippen LogP contribution in [0.1, 0.15) is 20.3 Å². The molecule has 0 heterocycles. The van der Waals surface area contributed by atoms with Crippen molar-refractivity contribution >= 4 is 0 Å². The Hall–Kier alpha value is -0.300. The lowest BCUT2D eigenvalue weighted by Crippen LogP contribution is -2.13. The van der Waals surface area contributed by atoms with Crippen LogP contribution in [0.15, 0.2) is 12.2 Å². The Morgan fingerprint density at radius 2 is 2.25 bits per heavy atom. The minimum absolute atomic E-state index is 1.06. The molecule has 0 unspecified atom stereocenters. The normalized spacial score (nSPS) is 9.25. The first-order chi connectivity index (χ1) is 3.77. The fraction of sp³-hybridized carbons (Fsp3) is 0.714. The van der Waals surface area contributed by atoms with Gasteiger partial charge in [0.15, 0.2) is 0 Å². The molecular formula is C7H15N. The van der Waals surface area contributed by atoms with Crippen LogP contribution in [0.3, 0.4) is 0 Å². The van der Waals surface area contributed by atoms with Crippen molar-refractivity contribution in [2.24, 2.45) is 0 Å². The summed E-state index contributed by atoms with van der Waals surface area (Å²) in [6, 6.07) is 0. The molecule has 1 N–H and O–H groups in total. The van der Waals surface area contributed by atoms with Gasteiger partial charge in [0, 0.05) is 0 Å². The quantitative estimate of drug-likeness (QED) is 0.431. The Morgan fingerprint density at radius 1 is 1.62 bits per heavy atom. The molecule has 0 aromatic rings. The van der Waals surface area contributed by atoms with Crippen LogP contribution < -0.4 is 5.32 Å². The Balaban J connectivity index is 2.82. The fourth-order valence-corrected chi connectivity index (χ4v) is 0.479. The van der Waals surface area contributed by atoms with Gasteiger partial charge in [-0.1, -0.05) is 12.5 Å². The zero-order valence-electron chi connectivity index (χ0n) is 5.83. The van der Waals surface area contributed by atoms with Crippen molar-refractivity contribution < 1.29 is 0 Å². The second kappa shape index (κ2) is 4.85.